The molecule has 0 aromatic rings. The molecule has 0 unspecified atom stereocenters. The number of hydrogen-bond donors (Lipinski definition) is 0. The molecule has 0 amide bonds. The molecular weight excluding hydrogens is 188 g/mol. The molecule has 1 fully saturated rings. The van der Waals surface area contributed by atoms with E-state index in [2.05, 4.69) is 11.2 Å². The summed E-state index contributed by atoms with van der Waals surface area (Å²) in [6.45, 7) is 0. The summed E-state index contributed by atoms with van der Waals surface area (Å²) < 4.78 is 0. The lowest BCUT2D eigenvalue weighted by molar-refractivity contribution is 0.305. The van der Waals surface area contributed by atoms with Crippen LogP contribution >= 0.6 is 0 Å². The lowest BCUT2D eigenvalue weighted by atomic mass is 9.94. The van der Waals surface area contributed by atoms with E-state index in [0.29, 0.717) is 5.84 Å². The van der Waals surface area contributed by atoms with Crippen LogP contribution in [0.5, 0.6) is 0 Å². The minimum Gasteiger partial charge on any atom is -0.274 e. The molecule has 4 nitrogen and oxygen atoms in total. The summed E-state index contributed by atoms with van der Waals surface area (Å²) in [5, 5.41) is 17.7. The maximum Gasteiger partial charge on any atom is 0.185 e. The molecule has 0 atom stereocenters. The average Bonchev–Trinajstić information content (AvgIpc) is 2.30. The van der Waals surface area contributed by atoms with E-state index in [1.54, 1.807) is 11.9 Å². The maximum absolute atomic E-state index is 9.09. The van der Waals surface area contributed by atoms with Crippen LogP contribution in [0.1, 0.15) is 38.5 Å². The highest BCUT2D eigenvalue weighted by Crippen LogP contribution is 2.22. The van der Waals surface area contributed by atoms with Crippen molar-refractivity contribution in [1.82, 2.24) is 4.90 Å². The Balaban J connectivity index is 2.69. The Morgan fingerprint density at radius 1 is 1.33 bits per heavy atom. The summed E-state index contributed by atoms with van der Waals surface area (Å²) in [6, 6.07) is 2.31. The quantitative estimate of drug-likeness (QED) is 0.299. The second-order valence-corrected chi connectivity index (χ2v) is 3.74. The highest BCUT2D eigenvalue weighted by molar-refractivity contribution is 5.85. The molecule has 0 aromatic carbocycles. The van der Waals surface area contributed by atoms with Crippen molar-refractivity contribution in [2.24, 2.45) is 4.99 Å². The van der Waals surface area contributed by atoms with Crippen molar-refractivity contribution < 1.29 is 0 Å². The van der Waals surface area contributed by atoms with E-state index in [0.717, 1.165) is 12.8 Å². The van der Waals surface area contributed by atoms with Gasteiger partial charge in [-0.05, 0) is 12.8 Å². The number of aliphatic imine (C=N–C) groups is 1. The minimum atomic E-state index is 0.223. The molecule has 0 radical (unpaired) electrons. The molecule has 80 valence electrons. The van der Waals surface area contributed by atoms with E-state index in [-0.39, 0.29) is 12.5 Å². The van der Waals surface area contributed by atoms with Gasteiger partial charge in [0.1, 0.15) is 5.84 Å². The third-order valence-electron chi connectivity index (χ3n) is 2.82. The summed E-state index contributed by atoms with van der Waals surface area (Å²) in [7, 11) is 1.64. The molecule has 0 heterocycles. The summed E-state index contributed by atoms with van der Waals surface area (Å²) >= 11 is 0. The zero-order valence-electron chi connectivity index (χ0n) is 9.11. The lowest BCUT2D eigenvalue weighted by Crippen LogP contribution is -2.37. The van der Waals surface area contributed by atoms with Gasteiger partial charge < -0.3 is 0 Å². The van der Waals surface area contributed by atoms with E-state index in [4.69, 9.17) is 10.5 Å². The predicted molar refractivity (Wildman–Crippen MR) is 57.9 cm³/mol. The van der Waals surface area contributed by atoms with Crippen LogP contribution in [0.25, 0.3) is 0 Å². The standard InChI is InChI=1S/C11H16N4/c1-14-11(7-8-12)15(9-13)10-5-3-2-4-6-10/h10H,2-7H2,1H3. The highest BCUT2D eigenvalue weighted by atomic mass is 15.2. The van der Waals surface area contributed by atoms with Gasteiger partial charge in [-0.25, -0.2) is 0 Å². The number of nitrogens with zero attached hydrogens (tertiary/aromatic N) is 4. The van der Waals surface area contributed by atoms with Crippen LogP contribution in [0.3, 0.4) is 0 Å². The molecule has 0 bridgehead atoms. The molecule has 1 aliphatic carbocycles. The van der Waals surface area contributed by atoms with Crippen LogP contribution in [0.2, 0.25) is 0 Å². The van der Waals surface area contributed by atoms with Gasteiger partial charge >= 0.3 is 0 Å². The van der Waals surface area contributed by atoms with E-state index in [1.807, 2.05) is 6.07 Å². The van der Waals surface area contributed by atoms with Crippen LogP contribution in [0, 0.1) is 22.8 Å². The van der Waals surface area contributed by atoms with Gasteiger partial charge in [-0.3, -0.25) is 9.89 Å². The van der Waals surface area contributed by atoms with Gasteiger partial charge in [0, 0.05) is 13.1 Å². The number of hydrogen-bond acceptors (Lipinski definition) is 3. The molecule has 0 spiro atoms. The smallest absolute Gasteiger partial charge is 0.185 e. The van der Waals surface area contributed by atoms with E-state index in [9.17, 15) is 0 Å². The van der Waals surface area contributed by atoms with Crippen molar-refractivity contribution in [3.8, 4) is 12.3 Å². The molecule has 1 aliphatic rings. The van der Waals surface area contributed by atoms with Crippen molar-refractivity contribution in [3.05, 3.63) is 0 Å². The van der Waals surface area contributed by atoms with Crippen molar-refractivity contribution in [2.45, 2.75) is 44.6 Å². The Labute approximate surface area is 90.8 Å². The van der Waals surface area contributed by atoms with Gasteiger partial charge in [0.2, 0.25) is 0 Å². The monoisotopic (exact) mass is 204 g/mol. The molecule has 0 N–H and O–H groups in total. The van der Waals surface area contributed by atoms with Crippen LogP contribution in [-0.2, 0) is 0 Å². The first-order chi connectivity index (χ1) is 7.33. The van der Waals surface area contributed by atoms with Crippen molar-refractivity contribution in [2.75, 3.05) is 7.05 Å². The Bertz CT molecular complexity index is 302. The second kappa shape index (κ2) is 6.03. The molecule has 0 aromatic heterocycles. The highest BCUT2D eigenvalue weighted by Gasteiger charge is 2.23. The van der Waals surface area contributed by atoms with Gasteiger partial charge in [0.05, 0.1) is 12.5 Å². The van der Waals surface area contributed by atoms with Gasteiger partial charge in [0.15, 0.2) is 6.19 Å². The summed E-state index contributed by atoms with van der Waals surface area (Å²) in [4.78, 5) is 5.65. The number of amidine groups is 1. The van der Waals surface area contributed by atoms with E-state index >= 15 is 0 Å². The number of nitriles is 2. The van der Waals surface area contributed by atoms with Crippen LogP contribution < -0.4 is 0 Å². The first kappa shape index (κ1) is 11.5. The maximum atomic E-state index is 9.09. The van der Waals surface area contributed by atoms with Crippen molar-refractivity contribution in [3.63, 3.8) is 0 Å². The molecule has 0 aliphatic heterocycles. The first-order valence-electron chi connectivity index (χ1n) is 5.35. The van der Waals surface area contributed by atoms with Gasteiger partial charge in [0.25, 0.3) is 0 Å². The Morgan fingerprint density at radius 3 is 2.47 bits per heavy atom. The van der Waals surface area contributed by atoms with Gasteiger partial charge in [-0.1, -0.05) is 19.3 Å². The van der Waals surface area contributed by atoms with Gasteiger partial charge in [-0.15, -0.1) is 0 Å². The van der Waals surface area contributed by atoms with Crippen molar-refractivity contribution in [1.29, 1.82) is 10.5 Å². The average molecular weight is 204 g/mol. The Morgan fingerprint density at radius 2 is 2.00 bits per heavy atom. The van der Waals surface area contributed by atoms with Crippen LogP contribution in [0.15, 0.2) is 4.99 Å². The molecule has 1 saturated carbocycles. The first-order valence-corrected chi connectivity index (χ1v) is 5.35. The predicted octanol–water partition coefficient (Wildman–Crippen LogP) is 2.04. The van der Waals surface area contributed by atoms with Crippen molar-refractivity contribution >= 4 is 5.84 Å². The Hall–Kier alpha value is -1.55. The summed E-state index contributed by atoms with van der Waals surface area (Å²) in [5.41, 5.74) is 0. The molecular formula is C11H16N4. The van der Waals surface area contributed by atoms with Gasteiger partial charge in [-0.2, -0.15) is 10.5 Å². The minimum absolute atomic E-state index is 0.223. The lowest BCUT2D eigenvalue weighted by Gasteiger charge is -2.29. The molecule has 15 heavy (non-hydrogen) atoms. The Kier molecular flexibility index (Phi) is 4.63. The topological polar surface area (TPSA) is 63.2 Å². The fourth-order valence-electron chi connectivity index (χ4n) is 2.03. The number of rotatable bonds is 2. The third kappa shape index (κ3) is 2.95. The molecule has 4 heteroatoms. The zero-order valence-corrected chi connectivity index (χ0v) is 9.11. The SMILES string of the molecule is CN=C(CC#N)N(C#N)C1CCCCC1. The normalized spacial score (nSPS) is 17.9. The van der Waals surface area contributed by atoms with E-state index < -0.39 is 0 Å². The molecule has 1 rings (SSSR count). The summed E-state index contributed by atoms with van der Waals surface area (Å²) in [6.07, 6.45) is 8.06. The second-order valence-electron chi connectivity index (χ2n) is 3.74. The largest absolute Gasteiger partial charge is 0.274 e. The molecule has 0 saturated heterocycles. The fraction of sp³-hybridized carbons (Fsp3) is 0.727. The summed E-state index contributed by atoms with van der Waals surface area (Å²) in [5.74, 6) is 0.604. The third-order valence-corrected chi connectivity index (χ3v) is 2.82. The zero-order chi connectivity index (χ0) is 11.1. The van der Waals surface area contributed by atoms with E-state index in [1.165, 1.54) is 19.3 Å². The van der Waals surface area contributed by atoms with Crippen LogP contribution in [0.4, 0.5) is 0 Å². The fourth-order valence-corrected chi connectivity index (χ4v) is 2.03. The van der Waals surface area contributed by atoms with Crippen LogP contribution in [-0.4, -0.2) is 23.8 Å².